The lowest BCUT2D eigenvalue weighted by atomic mass is 9.96. The van der Waals surface area contributed by atoms with Crippen molar-refractivity contribution in [3.8, 4) is 17.2 Å². The fourth-order valence-corrected chi connectivity index (χ4v) is 5.54. The van der Waals surface area contributed by atoms with Gasteiger partial charge in [0.05, 0.1) is 52.7 Å². The van der Waals surface area contributed by atoms with Gasteiger partial charge in [-0.15, -0.1) is 0 Å². The number of hydrogen-bond acceptors (Lipinski definition) is 10. The quantitative estimate of drug-likeness (QED) is 0.141. The molecule has 1 aliphatic heterocycles. The minimum atomic E-state index is -0.832. The van der Waals surface area contributed by atoms with Crippen LogP contribution >= 0.6 is 11.3 Å². The predicted molar refractivity (Wildman–Crippen MR) is 158 cm³/mol. The third-order valence-corrected chi connectivity index (χ3v) is 7.21. The fourth-order valence-electron chi connectivity index (χ4n) is 4.50. The van der Waals surface area contributed by atoms with Crippen molar-refractivity contribution in [3.63, 3.8) is 0 Å². The first kappa shape index (κ1) is 30.3. The van der Waals surface area contributed by atoms with E-state index in [9.17, 15) is 19.7 Å². The monoisotopic (exact) mass is 593 g/mol. The Balaban J connectivity index is 1.97. The number of carbonyl (C=O) groups excluding carboxylic acids is 1. The highest BCUT2D eigenvalue weighted by Gasteiger charge is 2.34. The lowest BCUT2D eigenvalue weighted by Gasteiger charge is -2.25. The Morgan fingerprint density at radius 2 is 1.95 bits per heavy atom. The van der Waals surface area contributed by atoms with E-state index in [0.717, 1.165) is 11.3 Å². The number of carbonyl (C=O) groups is 1. The highest BCUT2D eigenvalue weighted by Crippen LogP contribution is 2.36. The number of nitrogens with zero attached hydrogens (tertiary/aromatic N) is 3. The maximum Gasteiger partial charge on any atom is 0.338 e. The van der Waals surface area contributed by atoms with Crippen molar-refractivity contribution >= 4 is 29.1 Å². The molecular weight excluding hydrogens is 562 g/mol. The first-order valence-corrected chi connectivity index (χ1v) is 14.0. The Hall–Kier alpha value is -4.71. The maximum atomic E-state index is 14.0. The molecule has 11 nitrogen and oxygen atoms in total. The van der Waals surface area contributed by atoms with Gasteiger partial charge in [-0.25, -0.2) is 9.79 Å². The molecule has 42 heavy (non-hydrogen) atoms. The summed E-state index contributed by atoms with van der Waals surface area (Å²) >= 11 is 1.09. The maximum absolute atomic E-state index is 14.0. The topological polar surface area (TPSA) is 131 Å². The molecule has 0 radical (unpaired) electrons. The van der Waals surface area contributed by atoms with E-state index < -0.39 is 22.5 Å². The molecule has 2 heterocycles. The van der Waals surface area contributed by atoms with Gasteiger partial charge < -0.3 is 18.9 Å². The average Bonchev–Trinajstić information content (AvgIpc) is 3.25. The zero-order valence-corrected chi connectivity index (χ0v) is 24.7. The molecule has 1 aliphatic rings. The van der Waals surface area contributed by atoms with Crippen molar-refractivity contribution in [1.29, 1.82) is 0 Å². The van der Waals surface area contributed by atoms with Gasteiger partial charge >= 0.3 is 5.97 Å². The van der Waals surface area contributed by atoms with Crippen LogP contribution in [0.3, 0.4) is 0 Å². The number of methoxy groups -OCH3 is 1. The molecule has 1 aromatic heterocycles. The van der Waals surface area contributed by atoms with E-state index in [-0.39, 0.29) is 45.6 Å². The van der Waals surface area contributed by atoms with Gasteiger partial charge in [-0.2, -0.15) is 0 Å². The molecular formula is C30H31N3O8S. The van der Waals surface area contributed by atoms with Gasteiger partial charge in [0.25, 0.3) is 11.2 Å². The Kier molecular flexibility index (Phi) is 9.26. The van der Waals surface area contributed by atoms with Gasteiger partial charge in [0.1, 0.15) is 12.4 Å². The molecule has 220 valence electrons. The molecule has 1 atom stereocenters. The summed E-state index contributed by atoms with van der Waals surface area (Å²) in [5, 5.41) is 11.6. The Labute approximate surface area is 245 Å². The summed E-state index contributed by atoms with van der Waals surface area (Å²) in [4.78, 5) is 43.4. The van der Waals surface area contributed by atoms with E-state index in [1.807, 2.05) is 6.92 Å². The number of rotatable bonds is 11. The molecule has 0 aliphatic carbocycles. The molecule has 12 heteroatoms. The summed E-state index contributed by atoms with van der Waals surface area (Å²) < 4.78 is 23.9. The molecule has 2 aromatic carbocycles. The SMILES string of the molecule is C=CCOc1c(/C=c2\sc3n(c2=O)[C@H](c2ccc(OCC)cc2)C(C(=O)OC(C)C)=C(C)N=3)cc([N+](=O)[O-])cc1OC. The number of fused-ring (bicyclic) bond motifs is 1. The molecule has 0 amide bonds. The summed E-state index contributed by atoms with van der Waals surface area (Å²) in [7, 11) is 1.37. The molecule has 0 saturated carbocycles. The van der Waals surface area contributed by atoms with Crippen LogP contribution in [0, 0.1) is 10.1 Å². The van der Waals surface area contributed by atoms with Crippen LogP contribution in [0.25, 0.3) is 6.08 Å². The average molecular weight is 594 g/mol. The second-order valence-electron chi connectivity index (χ2n) is 9.46. The largest absolute Gasteiger partial charge is 0.494 e. The number of hydrogen-bond donors (Lipinski definition) is 0. The molecule has 0 spiro atoms. The number of non-ortho nitro benzene ring substituents is 1. The van der Waals surface area contributed by atoms with Gasteiger partial charge in [-0.05, 0) is 51.5 Å². The van der Waals surface area contributed by atoms with E-state index >= 15 is 0 Å². The predicted octanol–water partition coefficient (Wildman–Crippen LogP) is 4.07. The minimum absolute atomic E-state index is 0.106. The lowest BCUT2D eigenvalue weighted by Crippen LogP contribution is -2.40. The number of aromatic nitrogens is 1. The van der Waals surface area contributed by atoms with Crippen LogP contribution in [0.5, 0.6) is 17.2 Å². The van der Waals surface area contributed by atoms with Gasteiger partial charge in [0.2, 0.25) is 0 Å². The number of ether oxygens (including phenoxy) is 4. The summed E-state index contributed by atoms with van der Waals surface area (Å²) in [6.45, 7) is 11.3. The summed E-state index contributed by atoms with van der Waals surface area (Å²) in [5.41, 5.74) is 0.890. The molecule has 4 rings (SSSR count). The number of esters is 1. The van der Waals surface area contributed by atoms with E-state index in [1.165, 1.54) is 36.0 Å². The highest BCUT2D eigenvalue weighted by molar-refractivity contribution is 7.07. The standard InChI is InChI=1S/C30H31N3O8S/c1-7-13-40-27-20(14-21(33(36)37)16-23(27)38-6)15-24-28(34)32-26(19-9-11-22(12-10-19)39-8-2)25(29(35)41-17(3)4)18(5)31-30(32)42-24/h7,9-12,14-17,26H,1,8,13H2,2-6H3/b24-15-/t26-/m1/s1. The van der Waals surface area contributed by atoms with Crippen LogP contribution in [0.15, 0.2) is 70.1 Å². The van der Waals surface area contributed by atoms with E-state index in [4.69, 9.17) is 18.9 Å². The van der Waals surface area contributed by atoms with Crippen molar-refractivity contribution in [1.82, 2.24) is 4.57 Å². The normalized spacial score (nSPS) is 14.7. The van der Waals surface area contributed by atoms with Crippen LogP contribution < -0.4 is 29.1 Å². The first-order valence-electron chi connectivity index (χ1n) is 13.2. The Morgan fingerprint density at radius 3 is 2.55 bits per heavy atom. The van der Waals surface area contributed by atoms with Crippen LogP contribution in [-0.2, 0) is 9.53 Å². The van der Waals surface area contributed by atoms with Crippen molar-refractivity contribution < 1.29 is 28.7 Å². The van der Waals surface area contributed by atoms with E-state index in [0.29, 0.717) is 28.4 Å². The van der Waals surface area contributed by atoms with E-state index in [1.54, 1.807) is 45.0 Å². The van der Waals surface area contributed by atoms with Crippen LogP contribution in [0.2, 0.25) is 0 Å². The lowest BCUT2D eigenvalue weighted by molar-refractivity contribution is -0.385. The number of nitro groups is 1. The Bertz CT molecular complexity index is 1740. The second-order valence-corrected chi connectivity index (χ2v) is 10.5. The molecule has 0 N–H and O–H groups in total. The van der Waals surface area contributed by atoms with Gasteiger partial charge in [0.15, 0.2) is 16.3 Å². The number of benzene rings is 2. The van der Waals surface area contributed by atoms with Crippen LogP contribution in [0.1, 0.15) is 44.9 Å². The van der Waals surface area contributed by atoms with Crippen LogP contribution in [0.4, 0.5) is 5.69 Å². The van der Waals surface area contributed by atoms with Gasteiger partial charge in [-0.3, -0.25) is 19.5 Å². The molecule has 0 fully saturated rings. The number of thiazole rings is 1. The molecule has 0 unspecified atom stereocenters. The van der Waals surface area contributed by atoms with Crippen molar-refractivity contribution in [2.24, 2.45) is 4.99 Å². The zero-order valence-electron chi connectivity index (χ0n) is 23.9. The molecule has 0 saturated heterocycles. The zero-order chi connectivity index (χ0) is 30.6. The second kappa shape index (κ2) is 12.9. The summed E-state index contributed by atoms with van der Waals surface area (Å²) in [5.74, 6) is 0.413. The highest BCUT2D eigenvalue weighted by atomic mass is 32.1. The van der Waals surface area contributed by atoms with Gasteiger partial charge in [0, 0.05) is 11.6 Å². The third kappa shape index (κ3) is 6.13. The van der Waals surface area contributed by atoms with Gasteiger partial charge in [-0.1, -0.05) is 36.1 Å². The van der Waals surface area contributed by atoms with E-state index in [2.05, 4.69) is 11.6 Å². The van der Waals surface area contributed by atoms with Crippen molar-refractivity contribution in [3.05, 3.63) is 101 Å². The first-order chi connectivity index (χ1) is 20.1. The summed E-state index contributed by atoms with van der Waals surface area (Å²) in [6, 6.07) is 8.85. The molecule has 3 aromatic rings. The minimum Gasteiger partial charge on any atom is -0.494 e. The molecule has 0 bridgehead atoms. The van der Waals surface area contributed by atoms with Crippen molar-refractivity contribution in [2.75, 3.05) is 20.3 Å². The smallest absolute Gasteiger partial charge is 0.338 e. The van der Waals surface area contributed by atoms with Crippen LogP contribution in [-0.4, -0.2) is 41.9 Å². The van der Waals surface area contributed by atoms with Crippen molar-refractivity contribution in [2.45, 2.75) is 39.8 Å². The third-order valence-electron chi connectivity index (χ3n) is 6.22. The fraction of sp³-hybridized carbons (Fsp3) is 0.300. The summed E-state index contributed by atoms with van der Waals surface area (Å²) in [6.07, 6.45) is 2.63. The number of allylic oxidation sites excluding steroid dienone is 1. The number of nitro benzene ring substituents is 1. The Morgan fingerprint density at radius 1 is 1.24 bits per heavy atom.